The summed E-state index contributed by atoms with van der Waals surface area (Å²) in [6, 6.07) is 6.88. The number of rotatable bonds is 6. The molecule has 0 spiro atoms. The van der Waals surface area contributed by atoms with Crippen molar-refractivity contribution in [2.24, 2.45) is 5.92 Å². The number of hydrogen-bond donors (Lipinski definition) is 1. The van der Waals surface area contributed by atoms with E-state index in [9.17, 15) is 4.79 Å². The van der Waals surface area contributed by atoms with Gasteiger partial charge >= 0.3 is 0 Å². The molecule has 2 aromatic rings. The minimum absolute atomic E-state index is 0.224. The molecule has 162 valence electrons. The van der Waals surface area contributed by atoms with E-state index in [0.29, 0.717) is 17.9 Å². The van der Waals surface area contributed by atoms with E-state index >= 15 is 0 Å². The van der Waals surface area contributed by atoms with Gasteiger partial charge in [0.15, 0.2) is 0 Å². The standard InChI is InChI=1S/C23H33N5O2/c1-16-8-20(25-24-16)14-26-10-17-9-19(12-26)22-6-5-18(23(29)28(22)11-17)13-27-7-3-4-21(27)15-30-2/h5-6,8,17,19,21H,3-4,7,9-15H2,1-2H3,(H,24,25)/t17-,19+,21-/m0/s1. The number of aromatic nitrogens is 3. The lowest BCUT2D eigenvalue weighted by Gasteiger charge is -2.42. The zero-order valence-corrected chi connectivity index (χ0v) is 18.1. The fourth-order valence-electron chi connectivity index (χ4n) is 5.83. The maximum Gasteiger partial charge on any atom is 0.255 e. The molecule has 3 aliphatic rings. The maximum atomic E-state index is 13.3. The number of nitrogens with one attached hydrogen (secondary N) is 1. The predicted octanol–water partition coefficient (Wildman–Crippen LogP) is 2.11. The van der Waals surface area contributed by atoms with Crippen LogP contribution < -0.4 is 5.56 Å². The van der Waals surface area contributed by atoms with Crippen LogP contribution >= 0.6 is 0 Å². The molecule has 7 heteroatoms. The van der Waals surface area contributed by atoms with Crippen molar-refractivity contribution in [3.63, 3.8) is 0 Å². The third kappa shape index (κ3) is 3.86. The number of pyridine rings is 1. The number of hydrogen-bond acceptors (Lipinski definition) is 5. The van der Waals surface area contributed by atoms with Gasteiger partial charge in [0.25, 0.3) is 5.56 Å². The average Bonchev–Trinajstić information content (AvgIpc) is 3.33. The van der Waals surface area contributed by atoms with E-state index in [-0.39, 0.29) is 5.56 Å². The molecule has 0 amide bonds. The number of likely N-dealkylation sites (tertiary alicyclic amines) is 2. The van der Waals surface area contributed by atoms with Crippen molar-refractivity contribution in [3.8, 4) is 0 Å². The van der Waals surface area contributed by atoms with Crippen molar-refractivity contribution in [2.75, 3.05) is 33.4 Å². The largest absolute Gasteiger partial charge is 0.383 e. The highest BCUT2D eigenvalue weighted by molar-refractivity contribution is 5.23. The first-order chi connectivity index (χ1) is 14.6. The lowest BCUT2D eigenvalue weighted by Crippen LogP contribution is -2.47. The van der Waals surface area contributed by atoms with Crippen molar-refractivity contribution < 1.29 is 4.74 Å². The highest BCUT2D eigenvalue weighted by Crippen LogP contribution is 2.35. The number of aryl methyl sites for hydroxylation is 1. The van der Waals surface area contributed by atoms with Crippen LogP contribution in [-0.2, 0) is 24.4 Å². The molecule has 0 unspecified atom stereocenters. The molecule has 3 aliphatic heterocycles. The minimum Gasteiger partial charge on any atom is -0.383 e. The monoisotopic (exact) mass is 411 g/mol. The van der Waals surface area contributed by atoms with Crippen LogP contribution in [0.15, 0.2) is 23.0 Å². The van der Waals surface area contributed by atoms with Crippen LogP contribution in [0.25, 0.3) is 0 Å². The van der Waals surface area contributed by atoms with E-state index in [0.717, 1.165) is 69.2 Å². The van der Waals surface area contributed by atoms with Gasteiger partial charge in [0.2, 0.25) is 0 Å². The SMILES string of the molecule is COC[C@@H]1CCCN1Cc1ccc2n(c1=O)C[C@H]1C[C@@H]2CN(Cc2cc(C)[nH]n2)C1. The van der Waals surface area contributed by atoms with E-state index in [2.05, 4.69) is 42.8 Å². The summed E-state index contributed by atoms with van der Waals surface area (Å²) in [6.07, 6.45) is 3.54. The molecule has 3 atom stereocenters. The third-order valence-corrected chi connectivity index (χ3v) is 7.13. The van der Waals surface area contributed by atoms with E-state index in [1.165, 1.54) is 18.5 Å². The molecule has 0 aliphatic carbocycles. The number of H-pyrrole nitrogens is 1. The summed E-state index contributed by atoms with van der Waals surface area (Å²) in [5.74, 6) is 0.976. The van der Waals surface area contributed by atoms with Gasteiger partial charge in [-0.1, -0.05) is 6.07 Å². The number of ether oxygens (including phenoxy) is 1. The Bertz CT molecular complexity index is 951. The Morgan fingerprint density at radius 2 is 2.13 bits per heavy atom. The first kappa shape index (κ1) is 20.0. The van der Waals surface area contributed by atoms with Gasteiger partial charge in [0, 0.05) is 68.7 Å². The molecule has 2 aromatic heterocycles. The first-order valence-electron chi connectivity index (χ1n) is 11.3. The second-order valence-corrected chi connectivity index (χ2v) is 9.46. The number of piperidine rings is 1. The first-order valence-corrected chi connectivity index (χ1v) is 11.3. The average molecular weight is 412 g/mol. The van der Waals surface area contributed by atoms with E-state index in [4.69, 9.17) is 4.74 Å². The molecule has 2 saturated heterocycles. The van der Waals surface area contributed by atoms with Crippen molar-refractivity contribution in [1.82, 2.24) is 24.6 Å². The van der Waals surface area contributed by atoms with Gasteiger partial charge in [-0.25, -0.2) is 0 Å². The third-order valence-electron chi connectivity index (χ3n) is 7.13. The summed E-state index contributed by atoms with van der Waals surface area (Å²) in [7, 11) is 1.76. The molecular formula is C23H33N5O2. The fraction of sp³-hybridized carbons (Fsp3) is 0.652. The fourth-order valence-corrected chi connectivity index (χ4v) is 5.83. The Hall–Kier alpha value is -1.96. The quantitative estimate of drug-likeness (QED) is 0.789. The molecular weight excluding hydrogens is 378 g/mol. The van der Waals surface area contributed by atoms with E-state index < -0.39 is 0 Å². The van der Waals surface area contributed by atoms with Gasteiger partial charge < -0.3 is 9.30 Å². The lowest BCUT2D eigenvalue weighted by molar-refractivity contribution is 0.108. The van der Waals surface area contributed by atoms with Crippen LogP contribution in [-0.4, -0.2) is 64.0 Å². The smallest absolute Gasteiger partial charge is 0.255 e. The summed E-state index contributed by atoms with van der Waals surface area (Å²) in [6.45, 7) is 8.37. The van der Waals surface area contributed by atoms with Crippen LogP contribution in [0.4, 0.5) is 0 Å². The van der Waals surface area contributed by atoms with Crippen LogP contribution in [0.1, 0.15) is 47.8 Å². The van der Waals surface area contributed by atoms with Crippen LogP contribution in [0.2, 0.25) is 0 Å². The summed E-state index contributed by atoms with van der Waals surface area (Å²) < 4.78 is 7.47. The van der Waals surface area contributed by atoms with E-state index in [1.54, 1.807) is 7.11 Å². The van der Waals surface area contributed by atoms with Gasteiger partial charge in [-0.2, -0.15) is 5.10 Å². The maximum absolute atomic E-state index is 13.3. The van der Waals surface area contributed by atoms with Crippen LogP contribution in [0.3, 0.4) is 0 Å². The number of aromatic amines is 1. The molecule has 30 heavy (non-hydrogen) atoms. The summed E-state index contributed by atoms with van der Waals surface area (Å²) in [5.41, 5.74) is 4.60. The predicted molar refractivity (Wildman–Crippen MR) is 115 cm³/mol. The van der Waals surface area contributed by atoms with Gasteiger partial charge in [0.05, 0.1) is 12.3 Å². The minimum atomic E-state index is 0.224. The Kier molecular flexibility index (Phi) is 5.52. The zero-order chi connectivity index (χ0) is 20.7. The normalized spacial score (nSPS) is 26.8. The zero-order valence-electron chi connectivity index (χ0n) is 18.1. The van der Waals surface area contributed by atoms with Gasteiger partial charge in [-0.05, 0) is 50.8 Å². The molecule has 5 rings (SSSR count). The topological polar surface area (TPSA) is 66.4 Å². The molecule has 5 heterocycles. The Labute approximate surface area is 178 Å². The number of fused-ring (bicyclic) bond motifs is 4. The molecule has 0 radical (unpaired) electrons. The molecule has 0 saturated carbocycles. The van der Waals surface area contributed by atoms with Crippen molar-refractivity contribution in [2.45, 2.75) is 57.8 Å². The highest BCUT2D eigenvalue weighted by Gasteiger charge is 2.35. The van der Waals surface area contributed by atoms with E-state index in [1.807, 2.05) is 6.92 Å². The van der Waals surface area contributed by atoms with Crippen molar-refractivity contribution >= 4 is 0 Å². The molecule has 1 N–H and O–H groups in total. The number of methoxy groups -OCH3 is 1. The van der Waals surface area contributed by atoms with Crippen LogP contribution in [0, 0.1) is 12.8 Å². The molecule has 7 nitrogen and oxygen atoms in total. The van der Waals surface area contributed by atoms with Crippen molar-refractivity contribution in [1.29, 1.82) is 0 Å². The summed E-state index contributed by atoms with van der Waals surface area (Å²) in [4.78, 5) is 18.3. The summed E-state index contributed by atoms with van der Waals surface area (Å²) >= 11 is 0. The summed E-state index contributed by atoms with van der Waals surface area (Å²) in [5, 5.41) is 7.45. The van der Waals surface area contributed by atoms with Crippen LogP contribution in [0.5, 0.6) is 0 Å². The van der Waals surface area contributed by atoms with Crippen molar-refractivity contribution in [3.05, 3.63) is 51.2 Å². The lowest BCUT2D eigenvalue weighted by atomic mass is 9.83. The Balaban J connectivity index is 1.33. The molecule has 2 bridgehead atoms. The second kappa shape index (κ2) is 8.29. The Morgan fingerprint density at radius 1 is 1.23 bits per heavy atom. The van der Waals surface area contributed by atoms with Gasteiger partial charge in [0.1, 0.15) is 0 Å². The Morgan fingerprint density at radius 3 is 2.93 bits per heavy atom. The van der Waals surface area contributed by atoms with Gasteiger partial charge in [-0.3, -0.25) is 19.7 Å². The second-order valence-electron chi connectivity index (χ2n) is 9.46. The van der Waals surface area contributed by atoms with Gasteiger partial charge in [-0.15, -0.1) is 0 Å². The number of nitrogens with zero attached hydrogens (tertiary/aromatic N) is 4. The molecule has 0 aromatic carbocycles. The highest BCUT2D eigenvalue weighted by atomic mass is 16.5. The molecule has 2 fully saturated rings.